The standard InChI is InChI=1S/C11H15O4P/c1-9-4-6-10(7-5-9)11(12)8-16(13,14-2)15-3/h4-7H,8H2,1-3H3. The molecule has 0 saturated heterocycles. The highest BCUT2D eigenvalue weighted by Crippen LogP contribution is 2.46. The Balaban J connectivity index is 2.80. The molecule has 0 fully saturated rings. The number of hydrogen-bond donors (Lipinski definition) is 0. The van der Waals surface area contributed by atoms with Crippen LogP contribution in [0.25, 0.3) is 0 Å². The maximum Gasteiger partial charge on any atom is 0.337 e. The van der Waals surface area contributed by atoms with Gasteiger partial charge in [0.25, 0.3) is 0 Å². The molecule has 0 unspecified atom stereocenters. The van der Waals surface area contributed by atoms with Crippen LogP contribution in [0.3, 0.4) is 0 Å². The summed E-state index contributed by atoms with van der Waals surface area (Å²) in [5, 5.41) is 0. The molecule has 0 aliphatic rings. The maximum atomic E-state index is 11.8. The third-order valence-electron chi connectivity index (χ3n) is 2.27. The Kier molecular flexibility index (Phi) is 4.42. The first-order chi connectivity index (χ1) is 7.50. The van der Waals surface area contributed by atoms with Crippen molar-refractivity contribution in [1.82, 2.24) is 0 Å². The van der Waals surface area contributed by atoms with Crippen molar-refractivity contribution in [3.63, 3.8) is 0 Å². The molecule has 0 saturated carbocycles. The molecule has 16 heavy (non-hydrogen) atoms. The van der Waals surface area contributed by atoms with Gasteiger partial charge in [-0.1, -0.05) is 29.8 Å². The Labute approximate surface area is 95.1 Å². The molecule has 0 N–H and O–H groups in total. The number of aryl methyl sites for hydroxylation is 1. The normalized spacial score (nSPS) is 11.4. The predicted molar refractivity (Wildman–Crippen MR) is 62.0 cm³/mol. The molecule has 0 aromatic heterocycles. The van der Waals surface area contributed by atoms with Crippen LogP contribution in [0.2, 0.25) is 0 Å². The molecular formula is C11H15O4P. The quantitative estimate of drug-likeness (QED) is 0.588. The molecule has 88 valence electrons. The van der Waals surface area contributed by atoms with E-state index in [9.17, 15) is 9.36 Å². The number of ketones is 1. The molecule has 0 atom stereocenters. The minimum absolute atomic E-state index is 0.233. The Morgan fingerprint density at radius 1 is 1.19 bits per heavy atom. The number of hydrogen-bond acceptors (Lipinski definition) is 4. The molecule has 0 bridgehead atoms. The van der Waals surface area contributed by atoms with E-state index in [-0.39, 0.29) is 11.9 Å². The first kappa shape index (κ1) is 13.1. The van der Waals surface area contributed by atoms with Gasteiger partial charge >= 0.3 is 7.60 Å². The summed E-state index contributed by atoms with van der Waals surface area (Å²) in [5.41, 5.74) is 1.58. The molecule has 0 radical (unpaired) electrons. The van der Waals surface area contributed by atoms with Gasteiger partial charge < -0.3 is 9.05 Å². The zero-order valence-corrected chi connectivity index (χ0v) is 10.5. The average molecular weight is 242 g/mol. The van der Waals surface area contributed by atoms with Crippen molar-refractivity contribution in [3.05, 3.63) is 35.4 Å². The van der Waals surface area contributed by atoms with Crippen LogP contribution >= 0.6 is 7.60 Å². The highest BCUT2D eigenvalue weighted by molar-refractivity contribution is 7.54. The van der Waals surface area contributed by atoms with E-state index in [1.54, 1.807) is 12.1 Å². The SMILES string of the molecule is COP(=O)(CC(=O)c1ccc(C)cc1)OC. The summed E-state index contributed by atoms with van der Waals surface area (Å²) >= 11 is 0. The lowest BCUT2D eigenvalue weighted by Gasteiger charge is -2.12. The smallest absolute Gasteiger partial charge is 0.312 e. The predicted octanol–water partition coefficient (Wildman–Crippen LogP) is 2.66. The third-order valence-corrected chi connectivity index (χ3v) is 4.05. The van der Waals surface area contributed by atoms with Gasteiger partial charge in [0.1, 0.15) is 6.16 Å². The van der Waals surface area contributed by atoms with Crippen LogP contribution in [0.1, 0.15) is 15.9 Å². The Morgan fingerprint density at radius 2 is 1.69 bits per heavy atom. The van der Waals surface area contributed by atoms with E-state index in [0.717, 1.165) is 5.56 Å². The van der Waals surface area contributed by atoms with E-state index in [1.165, 1.54) is 14.2 Å². The van der Waals surface area contributed by atoms with Crippen molar-refractivity contribution < 1.29 is 18.4 Å². The van der Waals surface area contributed by atoms with Gasteiger partial charge in [-0.2, -0.15) is 0 Å². The largest absolute Gasteiger partial charge is 0.337 e. The number of Topliss-reactive ketones (excluding diaryl/α,β-unsaturated/α-hetero) is 1. The number of benzene rings is 1. The molecule has 1 aromatic carbocycles. The Morgan fingerprint density at radius 3 is 2.12 bits per heavy atom. The molecule has 0 amide bonds. The van der Waals surface area contributed by atoms with E-state index in [2.05, 4.69) is 0 Å². The van der Waals surface area contributed by atoms with Crippen molar-refractivity contribution in [2.45, 2.75) is 6.92 Å². The molecular weight excluding hydrogens is 227 g/mol. The molecule has 0 aliphatic carbocycles. The van der Waals surface area contributed by atoms with E-state index in [1.807, 2.05) is 19.1 Å². The van der Waals surface area contributed by atoms with Gasteiger partial charge in [0, 0.05) is 19.8 Å². The van der Waals surface area contributed by atoms with Gasteiger partial charge in [-0.3, -0.25) is 9.36 Å². The van der Waals surface area contributed by atoms with Crippen LogP contribution in [0, 0.1) is 6.92 Å². The van der Waals surface area contributed by atoms with Crippen LogP contribution < -0.4 is 0 Å². The molecule has 0 aliphatic heterocycles. The Hall–Kier alpha value is -0.960. The average Bonchev–Trinajstić information content (AvgIpc) is 2.29. The Bertz CT molecular complexity index is 402. The van der Waals surface area contributed by atoms with E-state index < -0.39 is 7.60 Å². The van der Waals surface area contributed by atoms with Gasteiger partial charge in [-0.05, 0) is 6.92 Å². The molecule has 4 nitrogen and oxygen atoms in total. The fourth-order valence-electron chi connectivity index (χ4n) is 1.21. The molecule has 5 heteroatoms. The summed E-state index contributed by atoms with van der Waals surface area (Å²) in [6.45, 7) is 1.93. The summed E-state index contributed by atoms with van der Waals surface area (Å²) in [6, 6.07) is 7.07. The van der Waals surface area contributed by atoms with Crippen molar-refractivity contribution in [2.24, 2.45) is 0 Å². The van der Waals surface area contributed by atoms with E-state index in [0.29, 0.717) is 5.56 Å². The third kappa shape index (κ3) is 3.27. The lowest BCUT2D eigenvalue weighted by molar-refractivity contribution is 0.101. The topological polar surface area (TPSA) is 52.6 Å². The summed E-state index contributed by atoms with van der Waals surface area (Å²) < 4.78 is 21.2. The molecule has 1 aromatic rings. The minimum Gasteiger partial charge on any atom is -0.312 e. The van der Waals surface area contributed by atoms with Gasteiger partial charge in [0.2, 0.25) is 0 Å². The maximum absolute atomic E-state index is 11.8. The van der Waals surface area contributed by atoms with Crippen LogP contribution in [0.15, 0.2) is 24.3 Å². The van der Waals surface area contributed by atoms with Gasteiger partial charge in [-0.15, -0.1) is 0 Å². The number of rotatable bonds is 5. The fraction of sp³-hybridized carbons (Fsp3) is 0.364. The second-order valence-electron chi connectivity index (χ2n) is 3.42. The first-order valence-electron chi connectivity index (χ1n) is 4.81. The van der Waals surface area contributed by atoms with Crippen molar-refractivity contribution in [2.75, 3.05) is 20.4 Å². The highest BCUT2D eigenvalue weighted by Gasteiger charge is 2.25. The summed E-state index contributed by atoms with van der Waals surface area (Å²) in [5.74, 6) is -0.243. The minimum atomic E-state index is -3.26. The summed E-state index contributed by atoms with van der Waals surface area (Å²) in [4.78, 5) is 11.8. The van der Waals surface area contributed by atoms with E-state index >= 15 is 0 Å². The van der Waals surface area contributed by atoms with Crippen molar-refractivity contribution in [1.29, 1.82) is 0 Å². The monoisotopic (exact) mass is 242 g/mol. The van der Waals surface area contributed by atoms with Gasteiger partial charge in [0.15, 0.2) is 5.78 Å². The van der Waals surface area contributed by atoms with Gasteiger partial charge in [0.05, 0.1) is 0 Å². The lowest BCUT2D eigenvalue weighted by Crippen LogP contribution is -2.08. The van der Waals surface area contributed by atoms with Crippen molar-refractivity contribution >= 4 is 13.4 Å². The first-order valence-corrected chi connectivity index (χ1v) is 6.54. The molecule has 0 spiro atoms. The second-order valence-corrected chi connectivity index (χ2v) is 5.69. The zero-order valence-electron chi connectivity index (χ0n) is 9.60. The van der Waals surface area contributed by atoms with Gasteiger partial charge in [-0.25, -0.2) is 0 Å². The van der Waals surface area contributed by atoms with Crippen LogP contribution in [0.5, 0.6) is 0 Å². The molecule has 0 heterocycles. The number of carbonyl (C=O) groups is 1. The van der Waals surface area contributed by atoms with Crippen molar-refractivity contribution in [3.8, 4) is 0 Å². The second kappa shape index (κ2) is 5.39. The highest BCUT2D eigenvalue weighted by atomic mass is 31.2. The fourth-order valence-corrected chi connectivity index (χ4v) is 2.15. The van der Waals surface area contributed by atoms with Crippen LogP contribution in [-0.2, 0) is 13.6 Å². The van der Waals surface area contributed by atoms with Crippen LogP contribution in [-0.4, -0.2) is 26.2 Å². The summed E-state index contributed by atoms with van der Waals surface area (Å²) in [6.07, 6.45) is -0.233. The number of carbonyl (C=O) groups excluding carboxylic acids is 1. The molecule has 1 rings (SSSR count). The van der Waals surface area contributed by atoms with Crippen LogP contribution in [0.4, 0.5) is 0 Å². The lowest BCUT2D eigenvalue weighted by atomic mass is 10.1. The zero-order chi connectivity index (χ0) is 12.2. The van der Waals surface area contributed by atoms with E-state index in [4.69, 9.17) is 9.05 Å². The summed E-state index contributed by atoms with van der Waals surface area (Å²) in [7, 11) is -0.723.